The largest absolute Gasteiger partial charge is 0.487 e. The molecule has 0 N–H and O–H groups in total. The Balaban J connectivity index is 1.89. The Labute approximate surface area is 147 Å². The molecule has 1 aromatic carbocycles. The van der Waals surface area contributed by atoms with Crippen LogP contribution in [-0.4, -0.2) is 28.9 Å². The first-order valence-electron chi connectivity index (χ1n) is 8.08. The maximum atomic E-state index is 12.1. The summed E-state index contributed by atoms with van der Waals surface area (Å²) in [6, 6.07) is 7.93. The van der Waals surface area contributed by atoms with Crippen molar-refractivity contribution in [3.63, 3.8) is 0 Å². The number of hydrogen-bond acceptors (Lipinski definition) is 4. The van der Waals surface area contributed by atoms with Crippen molar-refractivity contribution in [2.24, 2.45) is 0 Å². The Hall–Kier alpha value is -2.14. The van der Waals surface area contributed by atoms with Crippen LogP contribution in [0.5, 0.6) is 5.75 Å². The number of thiazole rings is 1. The van der Waals surface area contributed by atoms with Crippen molar-refractivity contribution in [1.82, 2.24) is 9.88 Å². The first-order valence-corrected chi connectivity index (χ1v) is 8.96. The highest BCUT2D eigenvalue weighted by atomic mass is 32.1. The topological polar surface area (TPSA) is 42.4 Å². The number of ether oxygens (including phenoxy) is 1. The molecule has 0 fully saturated rings. The van der Waals surface area contributed by atoms with E-state index in [2.05, 4.69) is 11.9 Å². The molecule has 1 atom stereocenters. The van der Waals surface area contributed by atoms with E-state index in [1.165, 1.54) is 0 Å². The third-order valence-electron chi connectivity index (χ3n) is 3.95. The molecule has 24 heavy (non-hydrogen) atoms. The van der Waals surface area contributed by atoms with Crippen LogP contribution < -0.4 is 4.74 Å². The molecule has 1 heterocycles. The number of rotatable bonds is 7. The van der Waals surface area contributed by atoms with Crippen LogP contribution in [0.1, 0.15) is 36.5 Å². The molecule has 0 aliphatic rings. The van der Waals surface area contributed by atoms with Crippen molar-refractivity contribution in [3.8, 4) is 5.75 Å². The van der Waals surface area contributed by atoms with Crippen LogP contribution >= 0.6 is 11.3 Å². The van der Waals surface area contributed by atoms with Gasteiger partial charge in [-0.15, -0.1) is 11.3 Å². The van der Waals surface area contributed by atoms with Gasteiger partial charge in [0, 0.05) is 24.5 Å². The van der Waals surface area contributed by atoms with Gasteiger partial charge in [0.05, 0.1) is 10.7 Å². The monoisotopic (exact) mass is 344 g/mol. The average molecular weight is 344 g/mol. The van der Waals surface area contributed by atoms with E-state index in [0.717, 1.165) is 28.4 Å². The molecule has 0 radical (unpaired) electrons. The molecule has 2 aromatic rings. The lowest BCUT2D eigenvalue weighted by atomic mass is 10.2. The van der Waals surface area contributed by atoms with Gasteiger partial charge in [0.15, 0.2) is 0 Å². The van der Waals surface area contributed by atoms with Gasteiger partial charge in [0.25, 0.3) is 0 Å². The molecule has 0 aliphatic heterocycles. The fraction of sp³-hybridized carbons (Fsp3) is 0.368. The van der Waals surface area contributed by atoms with Crippen molar-refractivity contribution in [1.29, 1.82) is 0 Å². The van der Waals surface area contributed by atoms with Gasteiger partial charge >= 0.3 is 0 Å². The molecule has 1 unspecified atom stereocenters. The lowest BCUT2D eigenvalue weighted by Crippen LogP contribution is -2.33. The summed E-state index contributed by atoms with van der Waals surface area (Å²) in [5.74, 6) is 0.810. The van der Waals surface area contributed by atoms with E-state index in [0.29, 0.717) is 6.61 Å². The molecule has 1 amide bonds. The molecule has 5 heteroatoms. The number of aryl methyl sites for hydroxylation is 1. The molecule has 128 valence electrons. The second-order valence-electron chi connectivity index (χ2n) is 5.76. The van der Waals surface area contributed by atoms with E-state index in [1.807, 2.05) is 56.6 Å². The molecule has 0 spiro atoms. The van der Waals surface area contributed by atoms with Gasteiger partial charge in [-0.3, -0.25) is 4.79 Å². The Morgan fingerprint density at radius 2 is 2.08 bits per heavy atom. The van der Waals surface area contributed by atoms with Crippen LogP contribution in [0.4, 0.5) is 0 Å². The Morgan fingerprint density at radius 1 is 1.38 bits per heavy atom. The van der Waals surface area contributed by atoms with E-state index >= 15 is 0 Å². The van der Waals surface area contributed by atoms with Crippen LogP contribution in [0.25, 0.3) is 6.08 Å². The molecular weight excluding hydrogens is 320 g/mol. The van der Waals surface area contributed by atoms with Crippen molar-refractivity contribution in [2.75, 3.05) is 7.05 Å². The van der Waals surface area contributed by atoms with Crippen molar-refractivity contribution >= 4 is 23.3 Å². The zero-order chi connectivity index (χ0) is 17.5. The molecule has 1 aromatic heterocycles. The van der Waals surface area contributed by atoms with E-state index in [-0.39, 0.29) is 11.9 Å². The molecule has 4 nitrogen and oxygen atoms in total. The second-order valence-corrected chi connectivity index (χ2v) is 6.82. The highest BCUT2D eigenvalue weighted by Crippen LogP contribution is 2.16. The van der Waals surface area contributed by atoms with Crippen molar-refractivity contribution in [2.45, 2.75) is 39.8 Å². The molecular formula is C19H24N2O2S. The maximum Gasteiger partial charge on any atom is 0.246 e. The van der Waals surface area contributed by atoms with Gasteiger partial charge in [0.1, 0.15) is 12.4 Å². The van der Waals surface area contributed by atoms with Crippen LogP contribution in [0, 0.1) is 6.92 Å². The average Bonchev–Trinajstić information content (AvgIpc) is 3.02. The van der Waals surface area contributed by atoms with Crippen molar-refractivity contribution in [3.05, 3.63) is 52.0 Å². The Bertz CT molecular complexity index is 692. The number of carbonyl (C=O) groups excluding carboxylic acids is 1. The van der Waals surface area contributed by atoms with Crippen LogP contribution in [0.3, 0.4) is 0 Å². The number of carbonyl (C=O) groups is 1. The minimum absolute atomic E-state index is 0.0172. The molecule has 0 bridgehead atoms. The van der Waals surface area contributed by atoms with Gasteiger partial charge in [-0.25, -0.2) is 4.98 Å². The van der Waals surface area contributed by atoms with E-state index in [4.69, 9.17) is 4.74 Å². The van der Waals surface area contributed by atoms with Gasteiger partial charge in [0.2, 0.25) is 5.91 Å². The summed E-state index contributed by atoms with van der Waals surface area (Å²) in [5.41, 5.74) is 1.91. The summed E-state index contributed by atoms with van der Waals surface area (Å²) in [5, 5.41) is 3.05. The fourth-order valence-corrected chi connectivity index (χ4v) is 2.68. The third kappa shape index (κ3) is 5.20. The molecule has 0 aliphatic carbocycles. The smallest absolute Gasteiger partial charge is 0.246 e. The lowest BCUT2D eigenvalue weighted by Gasteiger charge is -2.22. The van der Waals surface area contributed by atoms with Crippen LogP contribution in [0.15, 0.2) is 35.7 Å². The quantitative estimate of drug-likeness (QED) is 0.703. The van der Waals surface area contributed by atoms with Gasteiger partial charge < -0.3 is 9.64 Å². The number of benzene rings is 1. The number of aromatic nitrogens is 1. The summed E-state index contributed by atoms with van der Waals surface area (Å²) >= 11 is 1.62. The molecule has 0 saturated heterocycles. The SMILES string of the molecule is CCC(C)N(C)C(=O)/C=C/c1ccc(OCc2csc(C)n2)cc1. The first-order chi connectivity index (χ1) is 11.5. The van der Waals surface area contributed by atoms with Crippen LogP contribution in [0.2, 0.25) is 0 Å². The normalized spacial score (nSPS) is 12.3. The predicted molar refractivity (Wildman–Crippen MR) is 99.2 cm³/mol. The first kappa shape index (κ1) is 18.2. The van der Waals surface area contributed by atoms with E-state index in [9.17, 15) is 4.79 Å². The van der Waals surface area contributed by atoms with Crippen LogP contribution in [-0.2, 0) is 11.4 Å². The van der Waals surface area contributed by atoms with Crippen molar-refractivity contribution < 1.29 is 9.53 Å². The summed E-state index contributed by atoms with van der Waals surface area (Å²) in [7, 11) is 1.83. The number of nitrogens with zero attached hydrogens (tertiary/aromatic N) is 2. The lowest BCUT2D eigenvalue weighted by molar-refractivity contribution is -0.126. The summed E-state index contributed by atoms with van der Waals surface area (Å²) in [6.45, 7) is 6.57. The standard InChI is InChI=1S/C19H24N2O2S/c1-5-14(2)21(4)19(22)11-8-16-6-9-18(10-7-16)23-12-17-13-24-15(3)20-17/h6-11,13-14H,5,12H2,1-4H3/b11-8+. The highest BCUT2D eigenvalue weighted by Gasteiger charge is 2.10. The highest BCUT2D eigenvalue weighted by molar-refractivity contribution is 7.09. The molecule has 2 rings (SSSR count). The molecule has 0 saturated carbocycles. The number of amides is 1. The number of likely N-dealkylation sites (N-methyl/N-ethyl adjacent to an activating group) is 1. The van der Waals surface area contributed by atoms with Gasteiger partial charge in [-0.05, 0) is 44.0 Å². The minimum atomic E-state index is 0.0172. The predicted octanol–water partition coefficient (Wildman–Crippen LogP) is 4.30. The number of hydrogen-bond donors (Lipinski definition) is 0. The van der Waals surface area contributed by atoms with E-state index < -0.39 is 0 Å². The summed E-state index contributed by atoms with van der Waals surface area (Å²) in [4.78, 5) is 18.2. The second kappa shape index (κ2) is 8.64. The Morgan fingerprint density at radius 3 is 2.67 bits per heavy atom. The van der Waals surface area contributed by atoms with Gasteiger partial charge in [-0.2, -0.15) is 0 Å². The zero-order valence-corrected chi connectivity index (χ0v) is 15.5. The fourth-order valence-electron chi connectivity index (χ4n) is 2.08. The summed E-state index contributed by atoms with van der Waals surface area (Å²) in [6.07, 6.45) is 4.38. The summed E-state index contributed by atoms with van der Waals surface area (Å²) < 4.78 is 5.72. The minimum Gasteiger partial charge on any atom is -0.487 e. The zero-order valence-electron chi connectivity index (χ0n) is 14.7. The maximum absolute atomic E-state index is 12.1. The Kier molecular flexibility index (Phi) is 6.55. The third-order valence-corrected chi connectivity index (χ3v) is 4.77. The van der Waals surface area contributed by atoms with Gasteiger partial charge in [-0.1, -0.05) is 19.1 Å². The van der Waals surface area contributed by atoms with E-state index in [1.54, 1.807) is 22.3 Å².